The van der Waals surface area contributed by atoms with Crippen molar-refractivity contribution in [3.05, 3.63) is 0 Å². The first kappa shape index (κ1) is 13.7. The van der Waals surface area contributed by atoms with Crippen LogP contribution in [0.1, 0.15) is 0 Å². The number of nitrogens with zero attached hydrogens (tertiary/aromatic N) is 3. The molecule has 0 amide bonds. The van der Waals surface area contributed by atoms with Crippen LogP contribution in [0.4, 0.5) is 0 Å². The standard InChI is InChI=1S/C3Cl3N3PS3/c4-10(5,6,7-1-11,8-2-12)9-3-13/q-1. The summed E-state index contributed by atoms with van der Waals surface area (Å²) in [7, 11) is 0. The van der Waals surface area contributed by atoms with Gasteiger partial charge >= 0.3 is 105 Å². The Hall–Kier alpha value is 0.700. The number of hydrogen-bond acceptors (Lipinski definition) is 6. The monoisotopic (exact) mass is 310 g/mol. The van der Waals surface area contributed by atoms with E-state index in [0.717, 1.165) is 0 Å². The first-order valence-electron chi connectivity index (χ1n) is 2.39. The van der Waals surface area contributed by atoms with Crippen LogP contribution in [0.2, 0.25) is 0 Å². The Morgan fingerprint density at radius 3 is 1.15 bits per heavy atom. The van der Waals surface area contributed by atoms with Gasteiger partial charge in [-0.15, -0.1) is 0 Å². The van der Waals surface area contributed by atoms with Crippen molar-refractivity contribution in [2.24, 2.45) is 14.3 Å². The Labute approximate surface area is 104 Å². The SMILES string of the molecule is S=C=N[P-](Cl)(Cl)(Cl)(N=C=S)N=C=S. The van der Waals surface area contributed by atoms with Gasteiger partial charge in [-0.1, -0.05) is 0 Å². The molecule has 13 heavy (non-hydrogen) atoms. The maximum absolute atomic E-state index is 5.73. The normalized spacial score (nSPS) is 15.0. The molecule has 72 valence electrons. The van der Waals surface area contributed by atoms with Crippen LogP contribution < -0.4 is 0 Å². The third kappa shape index (κ3) is 4.16. The van der Waals surface area contributed by atoms with E-state index in [1.54, 1.807) is 0 Å². The molecule has 0 aliphatic rings. The van der Waals surface area contributed by atoms with Crippen LogP contribution in [0.15, 0.2) is 14.3 Å². The van der Waals surface area contributed by atoms with Crippen molar-refractivity contribution < 1.29 is 0 Å². The van der Waals surface area contributed by atoms with Crippen molar-refractivity contribution in [3.8, 4) is 0 Å². The molecule has 0 rings (SSSR count). The van der Waals surface area contributed by atoms with Gasteiger partial charge in [-0.3, -0.25) is 0 Å². The predicted octanol–water partition coefficient (Wildman–Crippen LogP) is 4.59. The average Bonchev–Trinajstić information content (AvgIpc) is 1.84. The van der Waals surface area contributed by atoms with E-state index in [9.17, 15) is 0 Å². The predicted molar refractivity (Wildman–Crippen MR) is 69.6 cm³/mol. The molecule has 0 radical (unpaired) electrons. The summed E-state index contributed by atoms with van der Waals surface area (Å²) in [5, 5.41) is 5.62. The molecular formula is C3Cl3N3PS3-. The van der Waals surface area contributed by atoms with Gasteiger partial charge in [-0.25, -0.2) is 0 Å². The Kier molecular flexibility index (Phi) is 3.89. The Morgan fingerprint density at radius 2 is 1.00 bits per heavy atom. The Morgan fingerprint density at radius 1 is 0.769 bits per heavy atom. The van der Waals surface area contributed by atoms with Gasteiger partial charge in [0.2, 0.25) is 0 Å². The number of halogens is 3. The van der Waals surface area contributed by atoms with Crippen LogP contribution in [-0.4, -0.2) is 15.5 Å². The number of hydrogen-bond donors (Lipinski definition) is 0. The number of rotatable bonds is 3. The van der Waals surface area contributed by atoms with Crippen molar-refractivity contribution in [2.75, 3.05) is 0 Å². The first-order chi connectivity index (χ1) is 5.71. The fourth-order valence-electron chi connectivity index (χ4n) is 0.315. The minimum atomic E-state index is -5.23. The van der Waals surface area contributed by atoms with Gasteiger partial charge in [0.05, 0.1) is 0 Å². The van der Waals surface area contributed by atoms with Gasteiger partial charge in [0, 0.05) is 0 Å². The van der Waals surface area contributed by atoms with Crippen molar-refractivity contribution in [1.29, 1.82) is 0 Å². The zero-order chi connectivity index (χ0) is 10.7. The zero-order valence-electron chi connectivity index (χ0n) is 5.65. The molecule has 10 heteroatoms. The Bertz CT molecular complexity index is 335. The molecule has 0 atom stereocenters. The van der Waals surface area contributed by atoms with E-state index in [1.807, 2.05) is 15.5 Å². The molecule has 0 unspecified atom stereocenters. The van der Waals surface area contributed by atoms with Crippen LogP contribution in [0.3, 0.4) is 0 Å². The van der Waals surface area contributed by atoms with E-state index in [-0.39, 0.29) is 0 Å². The van der Waals surface area contributed by atoms with E-state index in [2.05, 4.69) is 50.9 Å². The van der Waals surface area contributed by atoms with Crippen molar-refractivity contribution >= 4 is 90.3 Å². The van der Waals surface area contributed by atoms with Gasteiger partial charge in [-0.05, 0) is 0 Å². The van der Waals surface area contributed by atoms with Gasteiger partial charge in [-0.2, -0.15) is 0 Å². The molecule has 0 saturated heterocycles. The second-order valence-electron chi connectivity index (χ2n) is 1.71. The Balaban J connectivity index is 6.10. The molecule has 0 aliphatic heterocycles. The molecule has 0 spiro atoms. The van der Waals surface area contributed by atoms with Gasteiger partial charge < -0.3 is 0 Å². The molecule has 0 aromatic carbocycles. The number of thiocarbonyl (C=S) groups is 3. The van der Waals surface area contributed by atoms with Crippen LogP contribution in [0, 0.1) is 0 Å². The second kappa shape index (κ2) is 3.69. The molecule has 0 heterocycles. The van der Waals surface area contributed by atoms with Crippen LogP contribution in [0.5, 0.6) is 0 Å². The summed E-state index contributed by atoms with van der Waals surface area (Å²) in [4.78, 5) is 0. The topological polar surface area (TPSA) is 37.1 Å². The molecule has 0 saturated carbocycles. The summed E-state index contributed by atoms with van der Waals surface area (Å²) < 4.78 is 4.68. The van der Waals surface area contributed by atoms with Crippen LogP contribution in [0.25, 0.3) is 0 Å². The summed E-state index contributed by atoms with van der Waals surface area (Å²) in [6, 6.07) is 0. The molecular weight excluding hydrogens is 312 g/mol. The van der Waals surface area contributed by atoms with E-state index < -0.39 is 4.45 Å². The molecule has 0 aromatic rings. The molecule has 0 aromatic heterocycles. The summed E-state index contributed by atoms with van der Waals surface area (Å²) in [6.45, 7) is 0. The third-order valence-electron chi connectivity index (χ3n) is 0.731. The molecule has 0 fully saturated rings. The number of isothiocyanates is 3. The van der Waals surface area contributed by atoms with E-state index in [4.69, 9.17) is 33.7 Å². The van der Waals surface area contributed by atoms with Gasteiger partial charge in [0.25, 0.3) is 0 Å². The maximum atomic E-state index is 5.73. The molecule has 3 nitrogen and oxygen atoms in total. The van der Waals surface area contributed by atoms with Crippen molar-refractivity contribution in [1.82, 2.24) is 0 Å². The van der Waals surface area contributed by atoms with Crippen molar-refractivity contribution in [3.63, 3.8) is 0 Å². The fourth-order valence-corrected chi connectivity index (χ4v) is 4.94. The summed E-state index contributed by atoms with van der Waals surface area (Å²) >= 11 is 30.1. The minimum absolute atomic E-state index is 1.87. The van der Waals surface area contributed by atoms with Gasteiger partial charge in [0.1, 0.15) is 0 Å². The van der Waals surface area contributed by atoms with Crippen LogP contribution >= 0.6 is 74.8 Å². The third-order valence-corrected chi connectivity index (χ3v) is 4.97. The van der Waals surface area contributed by atoms with E-state index >= 15 is 0 Å². The van der Waals surface area contributed by atoms with Gasteiger partial charge in [0.15, 0.2) is 0 Å². The molecule has 0 bridgehead atoms. The zero-order valence-corrected chi connectivity index (χ0v) is 11.3. The van der Waals surface area contributed by atoms with Crippen LogP contribution in [-0.2, 0) is 0 Å². The molecule has 0 N–H and O–H groups in total. The summed E-state index contributed by atoms with van der Waals surface area (Å²) in [5.74, 6) is 0. The van der Waals surface area contributed by atoms with Crippen molar-refractivity contribution in [2.45, 2.75) is 0 Å². The van der Waals surface area contributed by atoms with E-state index in [0.29, 0.717) is 0 Å². The average molecular weight is 312 g/mol. The summed E-state index contributed by atoms with van der Waals surface area (Å²) in [6.07, 6.45) is 0. The molecule has 0 aliphatic carbocycles. The second-order valence-corrected chi connectivity index (χ2v) is 13.8. The fraction of sp³-hybridized carbons (Fsp3) is 0. The first-order valence-corrected chi connectivity index (χ1v) is 8.87. The summed E-state index contributed by atoms with van der Waals surface area (Å²) in [5.41, 5.74) is 0. The quantitative estimate of drug-likeness (QED) is 0.434. The van der Waals surface area contributed by atoms with E-state index in [1.165, 1.54) is 0 Å².